The molecule has 2 aliphatic heterocycles. The lowest BCUT2D eigenvalue weighted by atomic mass is 9.94. The number of carbonyl (C=O) groups excluding carboxylic acids is 5. The fourth-order valence-electron chi connectivity index (χ4n) is 4.53. The quantitative estimate of drug-likeness (QED) is 0.362. The number of carbonyl (C=O) groups is 5. The third kappa shape index (κ3) is 6.37. The van der Waals surface area contributed by atoms with Crippen LogP contribution in [0.3, 0.4) is 0 Å². The predicted molar refractivity (Wildman–Crippen MR) is 136 cm³/mol. The maximum Gasteiger partial charge on any atom is 0.246 e. The van der Waals surface area contributed by atoms with Gasteiger partial charge in [0.1, 0.15) is 30.0 Å². The second kappa shape index (κ2) is 12.1. The van der Waals surface area contributed by atoms with Crippen LogP contribution < -0.4 is 16.0 Å². The highest BCUT2D eigenvalue weighted by Crippen LogP contribution is 2.25. The van der Waals surface area contributed by atoms with Crippen molar-refractivity contribution >= 4 is 53.1 Å². The topological polar surface area (TPSA) is 125 Å². The highest BCUT2D eigenvalue weighted by Gasteiger charge is 2.43. The third-order valence-electron chi connectivity index (χ3n) is 6.92. The van der Waals surface area contributed by atoms with Crippen molar-refractivity contribution in [3.63, 3.8) is 0 Å². The van der Waals surface area contributed by atoms with Gasteiger partial charge in [0, 0.05) is 19.4 Å². The van der Waals surface area contributed by atoms with E-state index in [1.165, 1.54) is 4.90 Å². The first-order chi connectivity index (χ1) is 17.1. The van der Waals surface area contributed by atoms with Gasteiger partial charge in [0.25, 0.3) is 0 Å². The molecule has 3 N–H and O–H groups in total. The van der Waals surface area contributed by atoms with E-state index in [1.807, 2.05) is 0 Å². The average Bonchev–Trinajstić information content (AvgIpc) is 3.34. The standard InChI is InChI=1S/C25H32Cl2N4O5/c1-3-25(2)24(36)29-19(14-15-9-10-16(26)17(27)13-15)23(35)31-11-6-8-20(31)22(34)28-18(21(33)30-25)7-4-5-12-32/h9-10,12-13,18-20H,3-8,11,14H2,1-2H3,(H,28,34)(H,29,36)(H,30,33)/t18-,19?,20+,25-/m0/s1. The van der Waals surface area contributed by atoms with Crippen molar-refractivity contribution in [1.82, 2.24) is 20.9 Å². The van der Waals surface area contributed by atoms with E-state index >= 15 is 0 Å². The number of benzene rings is 1. The Hall–Kier alpha value is -2.65. The Balaban J connectivity index is 1.97. The monoisotopic (exact) mass is 538 g/mol. The van der Waals surface area contributed by atoms with Crippen LogP contribution >= 0.6 is 23.2 Å². The van der Waals surface area contributed by atoms with Gasteiger partial charge in [0.05, 0.1) is 10.0 Å². The maximum atomic E-state index is 13.7. The molecule has 4 atom stereocenters. The number of rotatable bonds is 7. The molecule has 196 valence electrons. The molecule has 0 aromatic heterocycles. The van der Waals surface area contributed by atoms with Crippen LogP contribution in [0.25, 0.3) is 0 Å². The molecule has 0 bridgehead atoms. The van der Waals surface area contributed by atoms with E-state index in [9.17, 15) is 24.0 Å². The van der Waals surface area contributed by atoms with Crippen LogP contribution in [0.15, 0.2) is 18.2 Å². The number of unbranched alkanes of at least 4 members (excludes halogenated alkanes) is 1. The number of hydrogen-bond donors (Lipinski definition) is 3. The first kappa shape index (κ1) is 27.9. The lowest BCUT2D eigenvalue weighted by molar-refractivity contribution is -0.144. The summed E-state index contributed by atoms with van der Waals surface area (Å²) in [5.74, 6) is -1.82. The van der Waals surface area contributed by atoms with Crippen LogP contribution in [0.2, 0.25) is 10.0 Å². The lowest BCUT2D eigenvalue weighted by Gasteiger charge is -2.35. The van der Waals surface area contributed by atoms with Crippen LogP contribution in [0, 0.1) is 0 Å². The summed E-state index contributed by atoms with van der Waals surface area (Å²) in [7, 11) is 0. The number of nitrogens with zero attached hydrogens (tertiary/aromatic N) is 1. The largest absolute Gasteiger partial charge is 0.343 e. The predicted octanol–water partition coefficient (Wildman–Crippen LogP) is 2.16. The summed E-state index contributed by atoms with van der Waals surface area (Å²) in [5, 5.41) is 9.05. The minimum Gasteiger partial charge on any atom is -0.343 e. The van der Waals surface area contributed by atoms with E-state index < -0.39 is 41.4 Å². The van der Waals surface area contributed by atoms with Crippen molar-refractivity contribution in [1.29, 1.82) is 0 Å². The molecule has 11 heteroatoms. The lowest BCUT2D eigenvalue weighted by Crippen LogP contribution is -2.65. The number of fused-ring (bicyclic) bond motifs is 1. The zero-order valence-corrected chi connectivity index (χ0v) is 22.0. The van der Waals surface area contributed by atoms with Crippen molar-refractivity contribution in [2.45, 2.75) is 82.5 Å². The Labute approximate surface area is 220 Å². The zero-order chi connectivity index (χ0) is 26.5. The van der Waals surface area contributed by atoms with Gasteiger partial charge < -0.3 is 25.6 Å². The first-order valence-electron chi connectivity index (χ1n) is 12.2. The van der Waals surface area contributed by atoms with Crippen molar-refractivity contribution in [3.05, 3.63) is 33.8 Å². The summed E-state index contributed by atoms with van der Waals surface area (Å²) in [4.78, 5) is 65.8. The smallest absolute Gasteiger partial charge is 0.246 e. The fourth-order valence-corrected chi connectivity index (χ4v) is 4.85. The molecule has 2 aliphatic rings. The first-order valence-corrected chi connectivity index (χ1v) is 13.0. The molecule has 0 spiro atoms. The van der Waals surface area contributed by atoms with Crippen molar-refractivity contribution in [3.8, 4) is 0 Å². The molecule has 1 aromatic rings. The minimum atomic E-state index is -1.33. The van der Waals surface area contributed by atoms with Gasteiger partial charge in [0.2, 0.25) is 23.6 Å². The molecule has 36 heavy (non-hydrogen) atoms. The normalized spacial score (nSPS) is 27.3. The number of amides is 4. The summed E-state index contributed by atoms with van der Waals surface area (Å²) in [6.07, 6.45) is 3.08. The molecule has 2 heterocycles. The maximum absolute atomic E-state index is 13.7. The van der Waals surface area contributed by atoms with E-state index in [-0.39, 0.29) is 31.6 Å². The third-order valence-corrected chi connectivity index (χ3v) is 7.66. The molecule has 1 aromatic carbocycles. The molecule has 0 aliphatic carbocycles. The van der Waals surface area contributed by atoms with Crippen LogP contribution in [-0.4, -0.2) is 65.0 Å². The zero-order valence-electron chi connectivity index (χ0n) is 20.4. The van der Waals surface area contributed by atoms with E-state index in [2.05, 4.69) is 16.0 Å². The van der Waals surface area contributed by atoms with Gasteiger partial charge in [0.15, 0.2) is 0 Å². The molecule has 0 saturated carbocycles. The van der Waals surface area contributed by atoms with Gasteiger partial charge in [-0.05, 0) is 56.7 Å². The molecule has 3 rings (SSSR count). The van der Waals surface area contributed by atoms with Crippen LogP contribution in [0.4, 0.5) is 0 Å². The fraction of sp³-hybridized carbons (Fsp3) is 0.560. The number of aldehydes is 1. The van der Waals surface area contributed by atoms with Crippen molar-refractivity contribution in [2.75, 3.05) is 6.54 Å². The minimum absolute atomic E-state index is 0.133. The average molecular weight is 539 g/mol. The van der Waals surface area contributed by atoms with Gasteiger partial charge in [-0.3, -0.25) is 19.2 Å². The molecule has 2 fully saturated rings. The Morgan fingerprint density at radius 1 is 1.08 bits per heavy atom. The number of halogens is 2. The van der Waals surface area contributed by atoms with Gasteiger partial charge in [-0.25, -0.2) is 0 Å². The van der Waals surface area contributed by atoms with Gasteiger partial charge in [-0.15, -0.1) is 0 Å². The number of nitrogens with one attached hydrogen (secondary N) is 3. The summed E-state index contributed by atoms with van der Waals surface area (Å²) < 4.78 is 0. The van der Waals surface area contributed by atoms with E-state index in [1.54, 1.807) is 32.0 Å². The van der Waals surface area contributed by atoms with E-state index in [0.717, 1.165) is 6.29 Å². The van der Waals surface area contributed by atoms with Gasteiger partial charge in [-0.2, -0.15) is 0 Å². The second-order valence-corrected chi connectivity index (χ2v) is 10.3. The van der Waals surface area contributed by atoms with Gasteiger partial charge in [-0.1, -0.05) is 36.2 Å². The summed E-state index contributed by atoms with van der Waals surface area (Å²) in [6, 6.07) is 2.31. The SMILES string of the molecule is CC[C@]1(C)NC(=O)[C@H](CCCC=O)NC(=O)[C@H]2CCCN2C(=O)C(Cc2ccc(Cl)c(Cl)c2)NC1=O. The highest BCUT2D eigenvalue weighted by atomic mass is 35.5. The van der Waals surface area contributed by atoms with Crippen LogP contribution in [0.5, 0.6) is 0 Å². The number of hydrogen-bond acceptors (Lipinski definition) is 5. The van der Waals surface area contributed by atoms with Crippen LogP contribution in [-0.2, 0) is 30.4 Å². The van der Waals surface area contributed by atoms with E-state index in [4.69, 9.17) is 23.2 Å². The Kier molecular flexibility index (Phi) is 9.35. The summed E-state index contributed by atoms with van der Waals surface area (Å²) in [6.45, 7) is 3.69. The van der Waals surface area contributed by atoms with Crippen molar-refractivity contribution < 1.29 is 24.0 Å². The molecule has 0 radical (unpaired) electrons. The molecular formula is C25H32Cl2N4O5. The van der Waals surface area contributed by atoms with Crippen molar-refractivity contribution in [2.24, 2.45) is 0 Å². The van der Waals surface area contributed by atoms with Gasteiger partial charge >= 0.3 is 0 Å². The molecule has 4 amide bonds. The summed E-state index contributed by atoms with van der Waals surface area (Å²) >= 11 is 12.2. The Morgan fingerprint density at radius 2 is 1.83 bits per heavy atom. The molecular weight excluding hydrogens is 507 g/mol. The second-order valence-electron chi connectivity index (χ2n) is 9.50. The van der Waals surface area contributed by atoms with E-state index in [0.29, 0.717) is 41.4 Å². The van der Waals surface area contributed by atoms with Crippen LogP contribution in [0.1, 0.15) is 57.9 Å². The molecule has 1 unspecified atom stereocenters. The highest BCUT2D eigenvalue weighted by molar-refractivity contribution is 6.42. The Morgan fingerprint density at radius 3 is 2.50 bits per heavy atom. The molecule has 9 nitrogen and oxygen atoms in total. The molecule has 2 saturated heterocycles. The summed E-state index contributed by atoms with van der Waals surface area (Å²) in [5.41, 5.74) is -0.641. The Bertz CT molecular complexity index is 1040.